The van der Waals surface area contributed by atoms with Crippen molar-refractivity contribution in [3.63, 3.8) is 0 Å². The first-order chi connectivity index (χ1) is 8.03. The first kappa shape index (κ1) is 12.2. The zero-order valence-electron chi connectivity index (χ0n) is 10.3. The lowest BCUT2D eigenvalue weighted by Crippen LogP contribution is -2.33. The first-order valence-electron chi connectivity index (χ1n) is 5.73. The molecule has 0 fully saturated rings. The lowest BCUT2D eigenvalue weighted by atomic mass is 10.1. The number of hydrogen-bond acceptors (Lipinski definition) is 2. The molecule has 0 saturated heterocycles. The van der Waals surface area contributed by atoms with Crippen LogP contribution in [0, 0.1) is 0 Å². The van der Waals surface area contributed by atoms with Gasteiger partial charge in [-0.2, -0.15) is 0 Å². The summed E-state index contributed by atoms with van der Waals surface area (Å²) in [4.78, 5) is 15.2. The van der Waals surface area contributed by atoms with Gasteiger partial charge in [-0.15, -0.1) is 18.3 Å². The minimum atomic E-state index is -0.0525. The Morgan fingerprint density at radius 2 is 2.18 bits per heavy atom. The van der Waals surface area contributed by atoms with Gasteiger partial charge in [0.2, 0.25) is 5.91 Å². The topological polar surface area (TPSA) is 20.3 Å². The third kappa shape index (κ3) is 2.55. The van der Waals surface area contributed by atoms with Gasteiger partial charge in [0.25, 0.3) is 0 Å². The van der Waals surface area contributed by atoms with E-state index >= 15 is 0 Å². The van der Waals surface area contributed by atoms with E-state index < -0.39 is 0 Å². The number of thioether (sulfide) groups is 1. The largest absolute Gasteiger partial charge is 0.307 e. The van der Waals surface area contributed by atoms with Crippen LogP contribution in [0.5, 0.6) is 0 Å². The van der Waals surface area contributed by atoms with Crippen LogP contribution in [0.25, 0.3) is 0 Å². The van der Waals surface area contributed by atoms with Gasteiger partial charge in [0.1, 0.15) is 0 Å². The molecule has 2 rings (SSSR count). The van der Waals surface area contributed by atoms with Crippen LogP contribution >= 0.6 is 11.8 Å². The highest BCUT2D eigenvalue weighted by atomic mass is 32.2. The summed E-state index contributed by atoms with van der Waals surface area (Å²) in [5.41, 5.74) is 1.01. The van der Waals surface area contributed by atoms with E-state index in [1.54, 1.807) is 17.8 Å². The highest BCUT2D eigenvalue weighted by Gasteiger charge is 2.32. The van der Waals surface area contributed by atoms with Crippen LogP contribution in [0.3, 0.4) is 0 Å². The van der Waals surface area contributed by atoms with Gasteiger partial charge in [-0.1, -0.05) is 18.2 Å². The summed E-state index contributed by atoms with van der Waals surface area (Å²) < 4.78 is -0.0525. The van der Waals surface area contributed by atoms with Crippen molar-refractivity contribution in [1.29, 1.82) is 0 Å². The van der Waals surface area contributed by atoms with Crippen LogP contribution in [-0.2, 0) is 4.79 Å². The molecule has 1 aromatic rings. The normalized spacial score (nSPS) is 18.5. The summed E-state index contributed by atoms with van der Waals surface area (Å²) in [6.07, 6.45) is 2.33. The number of anilines is 1. The number of benzene rings is 1. The van der Waals surface area contributed by atoms with Gasteiger partial charge in [-0.05, 0) is 26.0 Å². The Bertz CT molecular complexity index is 453. The molecule has 1 aliphatic heterocycles. The van der Waals surface area contributed by atoms with E-state index in [1.807, 2.05) is 23.1 Å². The molecular weight excluding hydrogens is 230 g/mol. The molecule has 0 saturated carbocycles. The van der Waals surface area contributed by atoms with Gasteiger partial charge < -0.3 is 4.90 Å². The second-order valence-electron chi connectivity index (χ2n) is 4.80. The minimum Gasteiger partial charge on any atom is -0.307 e. The Labute approximate surface area is 107 Å². The third-order valence-electron chi connectivity index (χ3n) is 2.73. The van der Waals surface area contributed by atoms with Crippen LogP contribution < -0.4 is 4.90 Å². The van der Waals surface area contributed by atoms with Gasteiger partial charge in [0, 0.05) is 22.6 Å². The molecule has 1 aliphatic rings. The quantitative estimate of drug-likeness (QED) is 0.746. The van der Waals surface area contributed by atoms with Crippen molar-refractivity contribution in [2.75, 3.05) is 11.4 Å². The maximum absolute atomic E-state index is 12.2. The lowest BCUT2D eigenvalue weighted by molar-refractivity contribution is -0.118. The van der Waals surface area contributed by atoms with Gasteiger partial charge in [0.15, 0.2) is 0 Å². The number of rotatable bonds is 2. The molecule has 1 amide bonds. The van der Waals surface area contributed by atoms with Crippen molar-refractivity contribution in [3.05, 3.63) is 36.9 Å². The fraction of sp³-hybridized carbons (Fsp3) is 0.357. The summed E-state index contributed by atoms with van der Waals surface area (Å²) in [6, 6.07) is 8.08. The number of hydrogen-bond donors (Lipinski definition) is 0. The molecule has 0 spiro atoms. The molecule has 0 atom stereocenters. The maximum Gasteiger partial charge on any atom is 0.228 e. The molecule has 1 heterocycles. The van der Waals surface area contributed by atoms with Crippen molar-refractivity contribution >= 4 is 23.4 Å². The predicted molar refractivity (Wildman–Crippen MR) is 73.5 cm³/mol. The number of para-hydroxylation sites is 1. The Hall–Kier alpha value is -1.22. The maximum atomic E-state index is 12.2. The Balaban J connectivity index is 2.49. The molecular formula is C14H17NOS. The van der Waals surface area contributed by atoms with Crippen LogP contribution in [0.2, 0.25) is 0 Å². The number of carbonyl (C=O) groups excluding carboxylic acids is 1. The number of carbonyl (C=O) groups is 1. The second-order valence-corrected chi connectivity index (χ2v) is 6.55. The molecule has 0 aliphatic carbocycles. The van der Waals surface area contributed by atoms with E-state index in [9.17, 15) is 4.79 Å². The zero-order chi connectivity index (χ0) is 12.5. The summed E-state index contributed by atoms with van der Waals surface area (Å²) >= 11 is 1.77. The van der Waals surface area contributed by atoms with Gasteiger partial charge in [0.05, 0.1) is 5.69 Å². The molecule has 0 unspecified atom stereocenters. The zero-order valence-corrected chi connectivity index (χ0v) is 11.1. The molecule has 0 N–H and O–H groups in total. The standard InChI is InChI=1S/C14H17NOS/c1-4-9-15-11-7-5-6-8-12(11)17-14(2,3)10-13(15)16/h4-8H,1,9-10H2,2-3H3. The lowest BCUT2D eigenvalue weighted by Gasteiger charge is -2.21. The Morgan fingerprint density at radius 3 is 2.88 bits per heavy atom. The van der Waals surface area contributed by atoms with Gasteiger partial charge >= 0.3 is 0 Å². The molecule has 17 heavy (non-hydrogen) atoms. The van der Waals surface area contributed by atoms with Crippen molar-refractivity contribution in [2.45, 2.75) is 29.9 Å². The van der Waals surface area contributed by atoms with Gasteiger partial charge in [-0.25, -0.2) is 0 Å². The van der Waals surface area contributed by atoms with Crippen LogP contribution in [-0.4, -0.2) is 17.2 Å². The van der Waals surface area contributed by atoms with Crippen molar-refractivity contribution in [1.82, 2.24) is 0 Å². The monoisotopic (exact) mass is 247 g/mol. The number of fused-ring (bicyclic) bond motifs is 1. The van der Waals surface area contributed by atoms with E-state index in [-0.39, 0.29) is 10.7 Å². The number of amides is 1. The fourth-order valence-corrected chi connectivity index (χ4v) is 3.24. The minimum absolute atomic E-state index is 0.0525. The van der Waals surface area contributed by atoms with E-state index in [0.29, 0.717) is 13.0 Å². The smallest absolute Gasteiger partial charge is 0.228 e. The SMILES string of the molecule is C=CCN1C(=O)CC(C)(C)Sc2ccccc21. The Kier molecular flexibility index (Phi) is 3.29. The van der Waals surface area contributed by atoms with E-state index in [4.69, 9.17) is 0 Å². The van der Waals surface area contributed by atoms with Crippen molar-refractivity contribution < 1.29 is 4.79 Å². The third-order valence-corrected chi connectivity index (χ3v) is 3.99. The molecule has 0 radical (unpaired) electrons. The highest BCUT2D eigenvalue weighted by molar-refractivity contribution is 8.00. The molecule has 2 nitrogen and oxygen atoms in total. The predicted octanol–water partition coefficient (Wildman–Crippen LogP) is 3.48. The van der Waals surface area contributed by atoms with Crippen LogP contribution in [0.4, 0.5) is 5.69 Å². The van der Waals surface area contributed by atoms with E-state index in [2.05, 4.69) is 26.5 Å². The fourth-order valence-electron chi connectivity index (χ4n) is 2.02. The summed E-state index contributed by atoms with van der Waals surface area (Å²) in [7, 11) is 0. The highest BCUT2D eigenvalue weighted by Crippen LogP contribution is 2.43. The second kappa shape index (κ2) is 4.57. The summed E-state index contributed by atoms with van der Waals surface area (Å²) in [5, 5.41) is 0. The van der Waals surface area contributed by atoms with Crippen molar-refractivity contribution in [2.24, 2.45) is 0 Å². The first-order valence-corrected chi connectivity index (χ1v) is 6.54. The molecule has 0 bridgehead atoms. The molecule has 0 aromatic heterocycles. The molecule has 90 valence electrons. The van der Waals surface area contributed by atoms with Crippen LogP contribution in [0.1, 0.15) is 20.3 Å². The van der Waals surface area contributed by atoms with Gasteiger partial charge in [-0.3, -0.25) is 4.79 Å². The molecule has 1 aromatic carbocycles. The Morgan fingerprint density at radius 1 is 1.47 bits per heavy atom. The van der Waals surface area contributed by atoms with E-state index in [1.165, 1.54) is 4.90 Å². The average molecular weight is 247 g/mol. The van der Waals surface area contributed by atoms with Crippen molar-refractivity contribution in [3.8, 4) is 0 Å². The van der Waals surface area contributed by atoms with E-state index in [0.717, 1.165) is 5.69 Å². The number of nitrogens with zero attached hydrogens (tertiary/aromatic N) is 1. The van der Waals surface area contributed by atoms with Crippen LogP contribution in [0.15, 0.2) is 41.8 Å². The summed E-state index contributed by atoms with van der Waals surface area (Å²) in [6.45, 7) is 8.53. The summed E-state index contributed by atoms with van der Waals surface area (Å²) in [5.74, 6) is 0.173. The molecule has 3 heteroatoms. The average Bonchev–Trinajstić information content (AvgIpc) is 2.34.